The molecule has 6 heteroatoms. The van der Waals surface area contributed by atoms with Gasteiger partial charge in [0.2, 0.25) is 0 Å². The highest BCUT2D eigenvalue weighted by Crippen LogP contribution is 2.46. The maximum Gasteiger partial charge on any atom is 0.137 e. The van der Waals surface area contributed by atoms with Gasteiger partial charge < -0.3 is 18.0 Å². The van der Waals surface area contributed by atoms with E-state index in [2.05, 4.69) is 123 Å². The van der Waals surface area contributed by atoms with Gasteiger partial charge in [-0.05, 0) is 60.7 Å². The molecular weight excluding hydrogens is 629 g/mol. The van der Waals surface area contributed by atoms with Crippen LogP contribution in [-0.2, 0) is 0 Å². The molecule has 11 aromatic rings. The summed E-state index contributed by atoms with van der Waals surface area (Å²) in [5, 5.41) is 19.2. The third-order valence-electron chi connectivity index (χ3n) is 10.4. The summed E-state index contributed by atoms with van der Waals surface area (Å²) in [5.74, 6) is 0. The largest absolute Gasteiger partial charge is 0.456 e. The van der Waals surface area contributed by atoms with E-state index in [0.29, 0.717) is 5.56 Å². The van der Waals surface area contributed by atoms with Crippen LogP contribution in [0.25, 0.3) is 98.9 Å². The minimum atomic E-state index is 0.536. The van der Waals surface area contributed by atoms with Crippen molar-refractivity contribution in [2.75, 3.05) is 7.05 Å². The average Bonchev–Trinajstić information content (AvgIpc) is 3.92. The third-order valence-corrected chi connectivity index (χ3v) is 10.4. The zero-order chi connectivity index (χ0) is 33.8. The van der Waals surface area contributed by atoms with Gasteiger partial charge in [-0.15, -0.1) is 0 Å². The Balaban J connectivity index is 1.42. The minimum Gasteiger partial charge on any atom is -0.456 e. The lowest BCUT2D eigenvalue weighted by Gasteiger charge is -2.20. The van der Waals surface area contributed by atoms with Crippen LogP contribution in [0.2, 0.25) is 0 Å². The number of fused-ring (bicyclic) bond motifs is 14. The van der Waals surface area contributed by atoms with Crippen LogP contribution in [0.4, 0.5) is 0 Å². The summed E-state index contributed by atoms with van der Waals surface area (Å²) < 4.78 is 17.6. The molecule has 7 aromatic carbocycles. The van der Waals surface area contributed by atoms with Crippen molar-refractivity contribution >= 4 is 93.7 Å². The lowest BCUT2D eigenvalue weighted by Crippen LogP contribution is -2.09. The monoisotopic (exact) mass is 654 g/mol. The molecule has 0 spiro atoms. The van der Waals surface area contributed by atoms with Crippen LogP contribution in [-0.4, -0.2) is 22.4 Å². The quantitative estimate of drug-likeness (QED) is 0.178. The molecule has 0 aliphatic carbocycles. The van der Waals surface area contributed by atoms with Crippen molar-refractivity contribution in [3.63, 3.8) is 0 Å². The molecule has 0 N–H and O–H groups in total. The number of hydrogen-bond donors (Lipinski definition) is 0. The molecule has 11 rings (SSSR count). The molecule has 4 heterocycles. The maximum absolute atomic E-state index is 10.6. The second-order valence-corrected chi connectivity index (χ2v) is 13.0. The molecule has 0 amide bonds. The summed E-state index contributed by atoms with van der Waals surface area (Å²) in [5.41, 5.74) is 10.5. The van der Waals surface area contributed by atoms with Gasteiger partial charge in [0.1, 0.15) is 22.3 Å². The van der Waals surface area contributed by atoms with Crippen molar-refractivity contribution in [3.8, 4) is 17.4 Å². The maximum atomic E-state index is 10.6. The van der Waals surface area contributed by atoms with E-state index in [1.54, 1.807) is 7.05 Å². The molecular formula is C45H26N4O2. The van der Waals surface area contributed by atoms with Gasteiger partial charge in [0.25, 0.3) is 0 Å². The molecule has 0 aliphatic rings. The number of aliphatic imine (C=N–C) groups is 1. The topological polar surface area (TPSA) is 72.3 Å². The number of furan rings is 2. The predicted octanol–water partition coefficient (Wildman–Crippen LogP) is 11.6. The standard InChI is InChI=1S/C45H26N4O2/c1-47-25-33-26(24-46)18-21-36(48-34-14-6-2-10-27(34)29-19-22-39-41(44(29)48)31-12-4-8-16-37(31)50-39)43(33)49-35-15-7-3-11-28(35)30-20-23-40-42(45(30)49)32-13-5-9-17-38(32)51-40/h2-23,25H,1H3. The van der Waals surface area contributed by atoms with Gasteiger partial charge in [-0.3, -0.25) is 4.99 Å². The van der Waals surface area contributed by atoms with Crippen molar-refractivity contribution in [2.45, 2.75) is 0 Å². The van der Waals surface area contributed by atoms with Gasteiger partial charge in [-0.1, -0.05) is 72.8 Å². The van der Waals surface area contributed by atoms with E-state index in [1.807, 2.05) is 36.5 Å². The Kier molecular flexibility index (Phi) is 5.57. The summed E-state index contributed by atoms with van der Waals surface area (Å²) in [6.07, 6.45) is 1.82. The van der Waals surface area contributed by atoms with E-state index < -0.39 is 0 Å². The normalized spacial score (nSPS) is 12.3. The summed E-state index contributed by atoms with van der Waals surface area (Å²) in [7, 11) is 1.76. The molecule has 0 saturated heterocycles. The Labute approximate surface area is 290 Å². The van der Waals surface area contributed by atoms with Crippen LogP contribution in [0.5, 0.6) is 0 Å². The molecule has 4 aromatic heterocycles. The van der Waals surface area contributed by atoms with Gasteiger partial charge in [-0.25, -0.2) is 0 Å². The summed E-state index contributed by atoms with van der Waals surface area (Å²) in [4.78, 5) is 4.54. The van der Waals surface area contributed by atoms with Crippen LogP contribution < -0.4 is 0 Å². The second-order valence-electron chi connectivity index (χ2n) is 13.0. The molecule has 0 fully saturated rings. The van der Waals surface area contributed by atoms with Crippen LogP contribution in [0.1, 0.15) is 11.1 Å². The van der Waals surface area contributed by atoms with Gasteiger partial charge in [-0.2, -0.15) is 5.26 Å². The van der Waals surface area contributed by atoms with E-state index in [-0.39, 0.29) is 0 Å². The third kappa shape index (κ3) is 3.61. The lowest BCUT2D eigenvalue weighted by molar-refractivity contribution is 0.669. The summed E-state index contributed by atoms with van der Waals surface area (Å²) in [6, 6.07) is 48.4. The van der Waals surface area contributed by atoms with E-state index in [1.165, 1.54) is 0 Å². The molecule has 0 aliphatic heterocycles. The molecule has 0 saturated carbocycles. The second kappa shape index (κ2) is 10.2. The molecule has 51 heavy (non-hydrogen) atoms. The molecule has 0 unspecified atom stereocenters. The summed E-state index contributed by atoms with van der Waals surface area (Å²) >= 11 is 0. The summed E-state index contributed by atoms with van der Waals surface area (Å²) in [6.45, 7) is 0. The Morgan fingerprint density at radius 1 is 0.529 bits per heavy atom. The van der Waals surface area contributed by atoms with Crippen molar-refractivity contribution in [1.82, 2.24) is 9.13 Å². The number of para-hydroxylation sites is 4. The molecule has 0 radical (unpaired) electrons. The van der Waals surface area contributed by atoms with Crippen molar-refractivity contribution in [2.24, 2.45) is 4.99 Å². The fourth-order valence-electron chi connectivity index (χ4n) is 8.38. The van der Waals surface area contributed by atoms with Gasteiger partial charge in [0, 0.05) is 51.1 Å². The fourth-order valence-corrected chi connectivity index (χ4v) is 8.38. The predicted molar refractivity (Wildman–Crippen MR) is 208 cm³/mol. The highest BCUT2D eigenvalue weighted by molar-refractivity contribution is 6.26. The Morgan fingerprint density at radius 3 is 1.61 bits per heavy atom. The average molecular weight is 655 g/mol. The van der Waals surface area contributed by atoms with Crippen molar-refractivity contribution in [3.05, 3.63) is 145 Å². The van der Waals surface area contributed by atoms with Gasteiger partial charge in [0.05, 0.1) is 55.8 Å². The number of hydrogen-bond acceptors (Lipinski definition) is 4. The molecule has 238 valence electrons. The lowest BCUT2D eigenvalue weighted by atomic mass is 10.0. The van der Waals surface area contributed by atoms with E-state index >= 15 is 0 Å². The van der Waals surface area contributed by atoms with Crippen LogP contribution in [0, 0.1) is 11.3 Å². The first-order chi connectivity index (χ1) is 25.2. The van der Waals surface area contributed by atoms with Crippen molar-refractivity contribution in [1.29, 1.82) is 5.26 Å². The highest BCUT2D eigenvalue weighted by Gasteiger charge is 2.26. The first-order valence-electron chi connectivity index (χ1n) is 16.9. The first-order valence-corrected chi connectivity index (χ1v) is 16.9. The van der Waals surface area contributed by atoms with E-state index in [0.717, 1.165) is 104 Å². The Morgan fingerprint density at radius 2 is 1.04 bits per heavy atom. The number of benzene rings is 7. The number of rotatable bonds is 3. The smallest absolute Gasteiger partial charge is 0.137 e. The van der Waals surface area contributed by atoms with Crippen LogP contribution >= 0.6 is 0 Å². The zero-order valence-corrected chi connectivity index (χ0v) is 27.4. The van der Waals surface area contributed by atoms with Crippen LogP contribution in [0.3, 0.4) is 0 Å². The van der Waals surface area contributed by atoms with Crippen molar-refractivity contribution < 1.29 is 8.83 Å². The SMILES string of the molecule is CN=Cc1c(C#N)ccc(-n2c3ccccc3c3ccc4oc5ccccc5c4c32)c1-n1c2ccccc2c2ccc3oc4ccccc4c3c21. The first kappa shape index (κ1) is 27.8. The number of nitrogens with zero attached hydrogens (tertiary/aromatic N) is 4. The molecule has 0 atom stereocenters. The zero-order valence-electron chi connectivity index (χ0n) is 27.4. The molecule has 0 bridgehead atoms. The Hall–Kier alpha value is -7.10. The van der Waals surface area contributed by atoms with E-state index in [4.69, 9.17) is 8.83 Å². The number of nitriles is 1. The molecule has 6 nitrogen and oxygen atoms in total. The van der Waals surface area contributed by atoms with Gasteiger partial charge >= 0.3 is 0 Å². The number of aromatic nitrogens is 2. The van der Waals surface area contributed by atoms with E-state index in [9.17, 15) is 5.26 Å². The highest BCUT2D eigenvalue weighted by atomic mass is 16.3. The fraction of sp³-hybridized carbons (Fsp3) is 0.0222. The van der Waals surface area contributed by atoms with Crippen LogP contribution in [0.15, 0.2) is 147 Å². The Bertz CT molecular complexity index is 3340. The van der Waals surface area contributed by atoms with Gasteiger partial charge in [0.15, 0.2) is 0 Å². The minimum absolute atomic E-state index is 0.536.